The smallest absolute Gasteiger partial charge is 0.172 e. The van der Waals surface area contributed by atoms with E-state index in [1.54, 1.807) is 23.3 Å². The normalized spacial score (nSPS) is 10.4. The van der Waals surface area contributed by atoms with Gasteiger partial charge in [0.2, 0.25) is 0 Å². The van der Waals surface area contributed by atoms with Gasteiger partial charge in [-0.2, -0.15) is 5.10 Å². The van der Waals surface area contributed by atoms with Gasteiger partial charge in [-0.25, -0.2) is 9.67 Å². The fourth-order valence-corrected chi connectivity index (χ4v) is 1.32. The van der Waals surface area contributed by atoms with E-state index in [9.17, 15) is 0 Å². The van der Waals surface area contributed by atoms with Crippen LogP contribution in [0.2, 0.25) is 0 Å². The highest BCUT2D eigenvalue weighted by Gasteiger charge is 2.01. The second-order valence-electron chi connectivity index (χ2n) is 2.68. The molecule has 2 heterocycles. The molecule has 0 aliphatic carbocycles. The molecule has 0 aliphatic heterocycles. The van der Waals surface area contributed by atoms with Gasteiger partial charge in [0.1, 0.15) is 0 Å². The van der Waals surface area contributed by atoms with Crippen LogP contribution in [0.25, 0.3) is 5.82 Å². The maximum atomic E-state index is 5.46. The van der Waals surface area contributed by atoms with Gasteiger partial charge in [-0.05, 0) is 15.9 Å². The topological polar surface area (TPSA) is 69.6 Å². The van der Waals surface area contributed by atoms with Gasteiger partial charge in [-0.1, -0.05) is 0 Å². The lowest BCUT2D eigenvalue weighted by Gasteiger charge is -2.00. The molecular weight excluding hydrogens is 246 g/mol. The second kappa shape index (κ2) is 3.85. The van der Waals surface area contributed by atoms with Crippen LogP contribution in [0.3, 0.4) is 0 Å². The van der Waals surface area contributed by atoms with Crippen LogP contribution >= 0.6 is 15.9 Å². The number of halogens is 1. The zero-order chi connectivity index (χ0) is 9.97. The van der Waals surface area contributed by atoms with Gasteiger partial charge >= 0.3 is 0 Å². The van der Waals surface area contributed by atoms with Crippen molar-refractivity contribution in [3.8, 4) is 5.82 Å². The summed E-state index contributed by atoms with van der Waals surface area (Å²) >= 11 is 3.31. The van der Waals surface area contributed by atoms with E-state index >= 15 is 0 Å². The van der Waals surface area contributed by atoms with Crippen LogP contribution in [0, 0.1) is 0 Å². The quantitative estimate of drug-likeness (QED) is 0.863. The summed E-state index contributed by atoms with van der Waals surface area (Å²) in [5.74, 6) is 0.665. The van der Waals surface area contributed by atoms with E-state index in [-0.39, 0.29) is 0 Å². The van der Waals surface area contributed by atoms with Crippen molar-refractivity contribution in [3.63, 3.8) is 0 Å². The lowest BCUT2D eigenvalue weighted by atomic mass is 10.4. The maximum Gasteiger partial charge on any atom is 0.172 e. The van der Waals surface area contributed by atoms with Crippen LogP contribution in [-0.4, -0.2) is 19.7 Å². The third-order valence-electron chi connectivity index (χ3n) is 1.67. The molecule has 0 amide bonds. The van der Waals surface area contributed by atoms with E-state index < -0.39 is 0 Å². The van der Waals surface area contributed by atoms with Crippen molar-refractivity contribution in [1.82, 2.24) is 19.7 Å². The molecule has 2 N–H and O–H groups in total. The number of nitrogens with zero attached hydrogens (tertiary/aromatic N) is 4. The van der Waals surface area contributed by atoms with Crippen molar-refractivity contribution in [2.75, 3.05) is 0 Å². The Morgan fingerprint density at radius 3 is 2.86 bits per heavy atom. The average molecular weight is 254 g/mol. The first-order valence-electron chi connectivity index (χ1n) is 4.01. The maximum absolute atomic E-state index is 5.46. The van der Waals surface area contributed by atoms with Crippen molar-refractivity contribution in [1.29, 1.82) is 0 Å². The minimum Gasteiger partial charge on any atom is -0.325 e. The molecule has 14 heavy (non-hydrogen) atoms. The molecule has 2 aromatic rings. The monoisotopic (exact) mass is 253 g/mol. The Morgan fingerprint density at radius 2 is 2.21 bits per heavy atom. The molecular formula is C8H8BrN5. The van der Waals surface area contributed by atoms with E-state index in [0.717, 1.165) is 10.2 Å². The van der Waals surface area contributed by atoms with Gasteiger partial charge in [0.25, 0.3) is 0 Å². The molecule has 0 saturated carbocycles. The summed E-state index contributed by atoms with van der Waals surface area (Å²) in [7, 11) is 0. The first kappa shape index (κ1) is 9.29. The highest BCUT2D eigenvalue weighted by atomic mass is 79.9. The highest BCUT2D eigenvalue weighted by Crippen LogP contribution is 2.09. The highest BCUT2D eigenvalue weighted by molar-refractivity contribution is 9.10. The standard InChI is InChI=1S/C8H8BrN5/c9-6-2-12-14(5-6)8-4-11-3-7(1-10)13-8/h2-5H,1,10H2. The van der Waals surface area contributed by atoms with Crippen LogP contribution in [0.4, 0.5) is 0 Å². The van der Waals surface area contributed by atoms with Gasteiger partial charge in [0.05, 0.1) is 22.6 Å². The van der Waals surface area contributed by atoms with Crippen molar-refractivity contribution < 1.29 is 0 Å². The van der Waals surface area contributed by atoms with Crippen LogP contribution in [0.1, 0.15) is 5.69 Å². The minimum atomic E-state index is 0.378. The number of nitrogens with two attached hydrogens (primary N) is 1. The lowest BCUT2D eigenvalue weighted by Crippen LogP contribution is -2.05. The summed E-state index contributed by atoms with van der Waals surface area (Å²) in [5, 5.41) is 4.09. The Kier molecular flexibility index (Phi) is 2.55. The summed E-state index contributed by atoms with van der Waals surface area (Å²) in [4.78, 5) is 8.29. The van der Waals surface area contributed by atoms with Crippen LogP contribution < -0.4 is 5.73 Å². The third-order valence-corrected chi connectivity index (χ3v) is 2.08. The third kappa shape index (κ3) is 1.80. The zero-order valence-corrected chi connectivity index (χ0v) is 8.85. The van der Waals surface area contributed by atoms with Crippen LogP contribution in [-0.2, 0) is 6.54 Å². The molecule has 2 aromatic heterocycles. The molecule has 0 bridgehead atoms. The van der Waals surface area contributed by atoms with Crippen molar-refractivity contribution in [2.24, 2.45) is 5.73 Å². The molecule has 6 heteroatoms. The fraction of sp³-hybridized carbons (Fsp3) is 0.125. The van der Waals surface area contributed by atoms with Gasteiger partial charge in [-0.15, -0.1) is 0 Å². The molecule has 0 aliphatic rings. The second-order valence-corrected chi connectivity index (χ2v) is 3.59. The van der Waals surface area contributed by atoms with Gasteiger partial charge in [-0.3, -0.25) is 4.98 Å². The first-order valence-corrected chi connectivity index (χ1v) is 4.80. The Labute approximate surface area is 89.1 Å². The summed E-state index contributed by atoms with van der Waals surface area (Å²) < 4.78 is 2.54. The number of aromatic nitrogens is 4. The molecule has 2 rings (SSSR count). The molecule has 0 aromatic carbocycles. The number of rotatable bonds is 2. The van der Waals surface area contributed by atoms with Gasteiger partial charge in [0.15, 0.2) is 5.82 Å². The van der Waals surface area contributed by atoms with Crippen molar-refractivity contribution >= 4 is 15.9 Å². The van der Waals surface area contributed by atoms with Crippen LogP contribution in [0.5, 0.6) is 0 Å². The van der Waals surface area contributed by atoms with E-state index in [1.165, 1.54) is 0 Å². The SMILES string of the molecule is NCc1cncc(-n2cc(Br)cn2)n1. The van der Waals surface area contributed by atoms with E-state index in [4.69, 9.17) is 5.73 Å². The Balaban J connectivity index is 2.41. The molecule has 0 saturated heterocycles. The zero-order valence-electron chi connectivity index (χ0n) is 7.26. The Bertz CT molecular complexity index is 439. The summed E-state index contributed by atoms with van der Waals surface area (Å²) in [5.41, 5.74) is 6.21. The predicted molar refractivity (Wildman–Crippen MR) is 54.7 cm³/mol. The Hall–Kier alpha value is -1.27. The largest absolute Gasteiger partial charge is 0.325 e. The summed E-state index contributed by atoms with van der Waals surface area (Å²) in [6, 6.07) is 0. The van der Waals surface area contributed by atoms with Gasteiger partial charge in [0, 0.05) is 18.9 Å². The molecule has 0 unspecified atom stereocenters. The first-order chi connectivity index (χ1) is 6.79. The van der Waals surface area contributed by atoms with Crippen LogP contribution in [0.15, 0.2) is 29.3 Å². The lowest BCUT2D eigenvalue weighted by molar-refractivity contribution is 0.816. The molecule has 0 fully saturated rings. The summed E-state index contributed by atoms with van der Waals surface area (Å²) in [6.07, 6.45) is 6.78. The molecule has 0 spiro atoms. The van der Waals surface area contributed by atoms with Gasteiger partial charge < -0.3 is 5.73 Å². The Morgan fingerprint density at radius 1 is 1.36 bits per heavy atom. The predicted octanol–water partition coefficient (Wildman–Crippen LogP) is 0.883. The van der Waals surface area contributed by atoms with E-state index in [0.29, 0.717) is 12.4 Å². The number of hydrogen-bond acceptors (Lipinski definition) is 4. The molecule has 72 valence electrons. The van der Waals surface area contributed by atoms with Crippen molar-refractivity contribution in [3.05, 3.63) is 35.0 Å². The molecule has 0 radical (unpaired) electrons. The van der Waals surface area contributed by atoms with E-state index in [1.807, 2.05) is 6.20 Å². The number of hydrogen-bond donors (Lipinski definition) is 1. The molecule has 0 atom stereocenters. The minimum absolute atomic E-state index is 0.378. The fourth-order valence-electron chi connectivity index (χ4n) is 1.03. The molecule has 5 nitrogen and oxygen atoms in total. The summed E-state index contributed by atoms with van der Waals surface area (Å²) in [6.45, 7) is 0.378. The average Bonchev–Trinajstić information content (AvgIpc) is 2.65. The van der Waals surface area contributed by atoms with Crippen molar-refractivity contribution in [2.45, 2.75) is 6.54 Å². The van der Waals surface area contributed by atoms with E-state index in [2.05, 4.69) is 31.0 Å².